The summed E-state index contributed by atoms with van der Waals surface area (Å²) >= 11 is 0. The highest BCUT2D eigenvalue weighted by atomic mass is 19.4. The predicted octanol–water partition coefficient (Wildman–Crippen LogP) is 5.81. The number of pyridine rings is 2. The second-order valence-corrected chi connectivity index (χ2v) is 7.76. The van der Waals surface area contributed by atoms with Crippen LogP contribution in [0, 0.1) is 0 Å². The standard InChI is InChI=1S/C26H23F3N4/c27-26(28,29)21-8-4-7-20(14-21)24-17-33-25(15-23(24)19-9-11-31-12-10-19)32-16-22(30)13-18-5-2-1-3-6-18/h1-12,14-15,17,22H,13,16,30H2,(H,32,33)/t22-/m0/s1. The Hall–Kier alpha value is -3.71. The van der Waals surface area contributed by atoms with Crippen molar-refractivity contribution in [3.8, 4) is 22.3 Å². The van der Waals surface area contributed by atoms with Gasteiger partial charge in [0, 0.05) is 36.7 Å². The third kappa shape index (κ3) is 5.75. The van der Waals surface area contributed by atoms with Crippen molar-refractivity contribution >= 4 is 5.82 Å². The highest BCUT2D eigenvalue weighted by Crippen LogP contribution is 2.36. The van der Waals surface area contributed by atoms with E-state index in [1.165, 1.54) is 6.07 Å². The third-order valence-electron chi connectivity index (χ3n) is 5.28. The lowest BCUT2D eigenvalue weighted by Crippen LogP contribution is -2.31. The van der Waals surface area contributed by atoms with Crippen LogP contribution in [-0.4, -0.2) is 22.6 Å². The van der Waals surface area contributed by atoms with Crippen LogP contribution in [0.1, 0.15) is 11.1 Å². The van der Waals surface area contributed by atoms with Crippen molar-refractivity contribution < 1.29 is 13.2 Å². The minimum atomic E-state index is -4.42. The van der Waals surface area contributed by atoms with Crippen LogP contribution in [0.5, 0.6) is 0 Å². The predicted molar refractivity (Wildman–Crippen MR) is 125 cm³/mol. The van der Waals surface area contributed by atoms with Crippen LogP contribution in [0.2, 0.25) is 0 Å². The largest absolute Gasteiger partial charge is 0.416 e. The van der Waals surface area contributed by atoms with E-state index in [9.17, 15) is 13.2 Å². The summed E-state index contributed by atoms with van der Waals surface area (Å²) in [4.78, 5) is 8.49. The zero-order valence-corrected chi connectivity index (χ0v) is 17.8. The number of nitrogens with two attached hydrogens (primary N) is 1. The van der Waals surface area contributed by atoms with Crippen molar-refractivity contribution in [2.24, 2.45) is 5.73 Å². The van der Waals surface area contributed by atoms with Gasteiger partial charge in [-0.15, -0.1) is 0 Å². The first-order valence-electron chi connectivity index (χ1n) is 10.5. The van der Waals surface area contributed by atoms with E-state index in [0.29, 0.717) is 29.9 Å². The number of nitrogens with one attached hydrogen (secondary N) is 1. The van der Waals surface area contributed by atoms with Gasteiger partial charge in [-0.1, -0.05) is 42.5 Å². The topological polar surface area (TPSA) is 63.8 Å². The highest BCUT2D eigenvalue weighted by molar-refractivity contribution is 5.84. The van der Waals surface area contributed by atoms with Gasteiger partial charge in [0.2, 0.25) is 0 Å². The molecule has 0 bridgehead atoms. The van der Waals surface area contributed by atoms with Gasteiger partial charge in [-0.25, -0.2) is 4.98 Å². The molecule has 2 aromatic carbocycles. The van der Waals surface area contributed by atoms with Gasteiger partial charge in [0.1, 0.15) is 5.82 Å². The zero-order chi connectivity index (χ0) is 23.3. The number of aromatic nitrogens is 2. The Balaban J connectivity index is 1.61. The minimum Gasteiger partial charge on any atom is -0.368 e. The van der Waals surface area contributed by atoms with E-state index < -0.39 is 11.7 Å². The van der Waals surface area contributed by atoms with Crippen LogP contribution in [-0.2, 0) is 12.6 Å². The molecule has 3 N–H and O–H groups in total. The number of benzene rings is 2. The Morgan fingerprint density at radius 1 is 0.848 bits per heavy atom. The van der Waals surface area contributed by atoms with Crippen LogP contribution in [0.15, 0.2) is 91.4 Å². The number of alkyl halides is 3. The summed E-state index contributed by atoms with van der Waals surface area (Å²) in [7, 11) is 0. The molecule has 7 heteroatoms. The van der Waals surface area contributed by atoms with Crippen LogP contribution in [0.3, 0.4) is 0 Å². The van der Waals surface area contributed by atoms with Crippen LogP contribution in [0.4, 0.5) is 19.0 Å². The summed E-state index contributed by atoms with van der Waals surface area (Å²) in [5, 5.41) is 3.26. The second-order valence-electron chi connectivity index (χ2n) is 7.76. The third-order valence-corrected chi connectivity index (χ3v) is 5.28. The molecule has 0 radical (unpaired) electrons. The molecule has 1 atom stereocenters. The van der Waals surface area contributed by atoms with E-state index in [2.05, 4.69) is 15.3 Å². The SMILES string of the molecule is N[C@H](CNc1cc(-c2ccncc2)c(-c2cccc(C(F)(F)F)c2)cn1)Cc1ccccc1. The fourth-order valence-electron chi connectivity index (χ4n) is 3.64. The average molecular weight is 448 g/mol. The lowest BCUT2D eigenvalue weighted by atomic mass is 9.95. The zero-order valence-electron chi connectivity index (χ0n) is 17.8. The van der Waals surface area contributed by atoms with E-state index in [0.717, 1.165) is 28.8 Å². The first-order chi connectivity index (χ1) is 15.9. The molecule has 4 aromatic rings. The summed E-state index contributed by atoms with van der Waals surface area (Å²) in [5.41, 5.74) is 9.36. The van der Waals surface area contributed by atoms with Gasteiger partial charge in [0.05, 0.1) is 5.56 Å². The Morgan fingerprint density at radius 2 is 1.61 bits per heavy atom. The quantitative estimate of drug-likeness (QED) is 0.374. The molecule has 4 rings (SSSR count). The van der Waals surface area contributed by atoms with Crippen LogP contribution >= 0.6 is 0 Å². The van der Waals surface area contributed by atoms with Crippen molar-refractivity contribution in [3.05, 3.63) is 103 Å². The maximum atomic E-state index is 13.3. The van der Waals surface area contributed by atoms with Crippen molar-refractivity contribution in [3.63, 3.8) is 0 Å². The maximum Gasteiger partial charge on any atom is 0.416 e. The normalized spacial score (nSPS) is 12.4. The van der Waals surface area contributed by atoms with E-state index in [1.54, 1.807) is 24.7 Å². The fourth-order valence-corrected chi connectivity index (χ4v) is 3.64. The minimum absolute atomic E-state index is 0.123. The first-order valence-corrected chi connectivity index (χ1v) is 10.5. The maximum absolute atomic E-state index is 13.3. The van der Waals surface area contributed by atoms with E-state index >= 15 is 0 Å². The van der Waals surface area contributed by atoms with Crippen LogP contribution in [0.25, 0.3) is 22.3 Å². The first kappa shape index (κ1) is 22.5. The molecule has 0 fully saturated rings. The molecule has 0 spiro atoms. The molecule has 2 aromatic heterocycles. The molecule has 0 saturated heterocycles. The van der Waals surface area contributed by atoms with Gasteiger partial charge in [-0.05, 0) is 59.0 Å². The summed E-state index contributed by atoms with van der Waals surface area (Å²) in [6, 6.07) is 20.6. The second kappa shape index (κ2) is 9.83. The summed E-state index contributed by atoms with van der Waals surface area (Å²) < 4.78 is 39.8. The molecular weight excluding hydrogens is 425 g/mol. The molecule has 4 nitrogen and oxygen atoms in total. The molecule has 168 valence electrons. The average Bonchev–Trinajstić information content (AvgIpc) is 2.83. The molecule has 0 saturated carbocycles. The summed E-state index contributed by atoms with van der Waals surface area (Å²) in [6.45, 7) is 0.501. The van der Waals surface area contributed by atoms with E-state index in [-0.39, 0.29) is 6.04 Å². The van der Waals surface area contributed by atoms with Crippen molar-refractivity contribution in [2.75, 3.05) is 11.9 Å². The van der Waals surface area contributed by atoms with Crippen molar-refractivity contribution in [1.29, 1.82) is 0 Å². The Morgan fingerprint density at radius 3 is 2.33 bits per heavy atom. The van der Waals surface area contributed by atoms with E-state index in [1.807, 2.05) is 48.5 Å². The van der Waals surface area contributed by atoms with Crippen molar-refractivity contribution in [2.45, 2.75) is 18.6 Å². The smallest absolute Gasteiger partial charge is 0.368 e. The fraction of sp³-hybridized carbons (Fsp3) is 0.154. The van der Waals surface area contributed by atoms with Crippen molar-refractivity contribution in [1.82, 2.24) is 9.97 Å². The molecule has 0 aliphatic carbocycles. The Kier molecular flexibility index (Phi) is 6.70. The van der Waals surface area contributed by atoms with Gasteiger partial charge in [-0.2, -0.15) is 13.2 Å². The van der Waals surface area contributed by atoms with Gasteiger partial charge < -0.3 is 11.1 Å². The number of halogens is 3. The Labute approximate surface area is 190 Å². The van der Waals surface area contributed by atoms with Gasteiger partial charge in [-0.3, -0.25) is 4.98 Å². The lowest BCUT2D eigenvalue weighted by molar-refractivity contribution is -0.137. The number of nitrogens with zero attached hydrogens (tertiary/aromatic N) is 2. The molecule has 2 heterocycles. The molecule has 33 heavy (non-hydrogen) atoms. The summed E-state index contributed by atoms with van der Waals surface area (Å²) in [5.74, 6) is 0.598. The van der Waals surface area contributed by atoms with Gasteiger partial charge in [0.25, 0.3) is 0 Å². The number of rotatable bonds is 7. The number of anilines is 1. The molecule has 0 amide bonds. The Bertz CT molecular complexity index is 1200. The van der Waals surface area contributed by atoms with E-state index in [4.69, 9.17) is 5.73 Å². The monoisotopic (exact) mass is 448 g/mol. The molecule has 0 aliphatic heterocycles. The molecular formula is C26H23F3N4. The van der Waals surface area contributed by atoms with Gasteiger partial charge >= 0.3 is 6.18 Å². The summed E-state index contributed by atoms with van der Waals surface area (Å²) in [6.07, 6.45) is 1.18. The molecule has 0 aliphatic rings. The number of hydrogen-bond donors (Lipinski definition) is 2. The molecule has 0 unspecified atom stereocenters. The van der Waals surface area contributed by atoms with Gasteiger partial charge in [0.15, 0.2) is 0 Å². The number of hydrogen-bond acceptors (Lipinski definition) is 4. The highest BCUT2D eigenvalue weighted by Gasteiger charge is 2.30. The lowest BCUT2D eigenvalue weighted by Gasteiger charge is -2.16. The van der Waals surface area contributed by atoms with Crippen LogP contribution < -0.4 is 11.1 Å².